The number of anilines is 2. The number of likely N-dealkylation sites (N-methyl/N-ethyl adjacent to an activating group) is 1. The van der Waals surface area contributed by atoms with Crippen molar-refractivity contribution in [3.63, 3.8) is 0 Å². The lowest BCUT2D eigenvalue weighted by Crippen LogP contribution is -2.44. The van der Waals surface area contributed by atoms with Crippen LogP contribution in [0.2, 0.25) is 0 Å². The number of nitrogens with one attached hydrogen (secondary N) is 1. The molecule has 3 aromatic rings. The van der Waals surface area contributed by atoms with Crippen LogP contribution in [0.5, 0.6) is 5.75 Å². The average molecular weight is 430 g/mol. The zero-order valence-electron chi connectivity index (χ0n) is 18.9. The maximum absolute atomic E-state index is 12.6. The summed E-state index contributed by atoms with van der Waals surface area (Å²) in [5.41, 5.74) is 5.37. The van der Waals surface area contributed by atoms with E-state index in [9.17, 15) is 4.79 Å². The van der Waals surface area contributed by atoms with Gasteiger partial charge in [-0.25, -0.2) is 0 Å². The summed E-state index contributed by atoms with van der Waals surface area (Å²) in [7, 11) is 2.16. The minimum Gasteiger partial charge on any atom is -0.483 e. The fraction of sp³-hybridized carbons (Fsp3) is 0.296. The summed E-state index contributed by atoms with van der Waals surface area (Å²) < 4.78 is 5.89. The van der Waals surface area contributed by atoms with Crippen LogP contribution in [-0.2, 0) is 11.2 Å². The van der Waals surface area contributed by atoms with Crippen molar-refractivity contribution < 1.29 is 9.53 Å². The van der Waals surface area contributed by atoms with Gasteiger partial charge in [0.05, 0.1) is 0 Å². The Hall–Kier alpha value is -3.31. The molecule has 1 amide bonds. The van der Waals surface area contributed by atoms with Crippen molar-refractivity contribution in [1.82, 2.24) is 4.90 Å². The van der Waals surface area contributed by atoms with Crippen molar-refractivity contribution in [2.24, 2.45) is 0 Å². The van der Waals surface area contributed by atoms with E-state index in [0.29, 0.717) is 0 Å². The summed E-state index contributed by atoms with van der Waals surface area (Å²) in [4.78, 5) is 17.3. The van der Waals surface area contributed by atoms with E-state index in [1.807, 2.05) is 55.5 Å². The molecule has 1 fully saturated rings. The van der Waals surface area contributed by atoms with Crippen LogP contribution >= 0.6 is 0 Å². The van der Waals surface area contributed by atoms with Crippen LogP contribution < -0.4 is 15.0 Å². The van der Waals surface area contributed by atoms with E-state index < -0.39 is 0 Å². The zero-order valence-corrected chi connectivity index (χ0v) is 18.9. The molecular formula is C27H31N3O2. The van der Waals surface area contributed by atoms with E-state index in [-0.39, 0.29) is 12.5 Å². The smallest absolute Gasteiger partial charge is 0.262 e. The van der Waals surface area contributed by atoms with Gasteiger partial charge in [0.2, 0.25) is 0 Å². The highest BCUT2D eigenvalue weighted by molar-refractivity contribution is 5.92. The lowest BCUT2D eigenvalue weighted by molar-refractivity contribution is -0.118. The number of para-hydroxylation sites is 1. The molecule has 0 bridgehead atoms. The number of benzene rings is 3. The second-order valence-corrected chi connectivity index (χ2v) is 8.40. The van der Waals surface area contributed by atoms with Crippen LogP contribution in [0, 0.1) is 6.92 Å². The first-order valence-corrected chi connectivity index (χ1v) is 11.2. The van der Waals surface area contributed by atoms with Crippen LogP contribution in [0.1, 0.15) is 16.7 Å². The second-order valence-electron chi connectivity index (χ2n) is 8.40. The molecule has 4 rings (SSSR count). The molecule has 0 saturated carbocycles. The monoisotopic (exact) mass is 429 g/mol. The summed E-state index contributed by atoms with van der Waals surface area (Å²) in [6, 6.07) is 24.4. The molecule has 0 unspecified atom stereocenters. The summed E-state index contributed by atoms with van der Waals surface area (Å²) in [6.45, 7) is 6.20. The Morgan fingerprint density at radius 3 is 2.41 bits per heavy atom. The molecule has 32 heavy (non-hydrogen) atoms. The van der Waals surface area contributed by atoms with Crippen LogP contribution in [0.25, 0.3) is 0 Å². The maximum atomic E-state index is 12.6. The fourth-order valence-corrected chi connectivity index (χ4v) is 3.99. The number of nitrogens with zero attached hydrogens (tertiary/aromatic N) is 2. The van der Waals surface area contributed by atoms with Gasteiger partial charge in [-0.15, -0.1) is 0 Å². The number of hydrogen-bond donors (Lipinski definition) is 1. The lowest BCUT2D eigenvalue weighted by Gasteiger charge is -2.34. The highest BCUT2D eigenvalue weighted by Crippen LogP contribution is 2.24. The molecule has 5 heteroatoms. The van der Waals surface area contributed by atoms with Gasteiger partial charge in [0, 0.05) is 44.0 Å². The van der Waals surface area contributed by atoms with Gasteiger partial charge < -0.3 is 19.9 Å². The zero-order chi connectivity index (χ0) is 22.3. The average Bonchev–Trinajstić information content (AvgIpc) is 2.81. The van der Waals surface area contributed by atoms with Gasteiger partial charge >= 0.3 is 0 Å². The first-order valence-electron chi connectivity index (χ1n) is 11.2. The highest BCUT2D eigenvalue weighted by Gasteiger charge is 2.15. The van der Waals surface area contributed by atoms with Gasteiger partial charge in [-0.05, 0) is 54.9 Å². The number of hydrogen-bond acceptors (Lipinski definition) is 4. The number of carbonyl (C=O) groups is 1. The maximum Gasteiger partial charge on any atom is 0.262 e. The van der Waals surface area contributed by atoms with Crippen LogP contribution in [0.15, 0.2) is 72.8 Å². The van der Waals surface area contributed by atoms with Crippen molar-refractivity contribution in [3.8, 4) is 5.75 Å². The lowest BCUT2D eigenvalue weighted by atomic mass is 10.0. The summed E-state index contributed by atoms with van der Waals surface area (Å²) in [5, 5.41) is 3.00. The fourth-order valence-electron chi connectivity index (χ4n) is 3.99. The standard InChI is InChI=1S/C27H31N3O2/c1-21-18-24(30-16-14-29(2)15-17-30)12-13-25(21)28-27(31)20-32-26-11-7-6-10-23(26)19-22-8-4-3-5-9-22/h3-13,18H,14-17,19-20H2,1-2H3,(H,28,31). The van der Waals surface area contributed by atoms with Gasteiger partial charge in [-0.3, -0.25) is 4.79 Å². The minimum atomic E-state index is -0.157. The van der Waals surface area contributed by atoms with Crippen LogP contribution in [0.3, 0.4) is 0 Å². The molecular weight excluding hydrogens is 398 g/mol. The molecule has 1 aliphatic rings. The molecule has 1 N–H and O–H groups in total. The topological polar surface area (TPSA) is 44.8 Å². The van der Waals surface area contributed by atoms with Crippen molar-refractivity contribution in [1.29, 1.82) is 0 Å². The largest absolute Gasteiger partial charge is 0.483 e. The van der Waals surface area contributed by atoms with E-state index in [4.69, 9.17) is 4.74 Å². The predicted octanol–water partition coefficient (Wildman–Crippen LogP) is 4.36. The number of aryl methyl sites for hydroxylation is 1. The Balaban J connectivity index is 1.34. The van der Waals surface area contributed by atoms with Crippen molar-refractivity contribution >= 4 is 17.3 Å². The minimum absolute atomic E-state index is 0.0224. The second kappa shape index (κ2) is 10.3. The first-order chi connectivity index (χ1) is 15.6. The molecule has 1 aliphatic heterocycles. The molecule has 0 radical (unpaired) electrons. The Kier molecular flexibility index (Phi) is 7.07. The molecule has 0 spiro atoms. The molecule has 1 saturated heterocycles. The summed E-state index contributed by atoms with van der Waals surface area (Å²) in [5.74, 6) is 0.587. The third-order valence-corrected chi connectivity index (χ3v) is 5.92. The van der Waals surface area contributed by atoms with Crippen molar-refractivity contribution in [3.05, 3.63) is 89.5 Å². The van der Waals surface area contributed by atoms with Gasteiger partial charge in [-0.2, -0.15) is 0 Å². The highest BCUT2D eigenvalue weighted by atomic mass is 16.5. The van der Waals surface area contributed by atoms with E-state index in [0.717, 1.165) is 55.2 Å². The number of carbonyl (C=O) groups excluding carboxylic acids is 1. The van der Waals surface area contributed by atoms with E-state index in [2.05, 4.69) is 46.4 Å². The quantitative estimate of drug-likeness (QED) is 0.606. The third-order valence-electron chi connectivity index (χ3n) is 5.92. The Morgan fingerprint density at radius 1 is 0.938 bits per heavy atom. The van der Waals surface area contributed by atoms with Gasteiger partial charge in [0.25, 0.3) is 5.91 Å². The molecule has 3 aromatic carbocycles. The Morgan fingerprint density at radius 2 is 1.66 bits per heavy atom. The molecule has 0 aromatic heterocycles. The molecule has 1 heterocycles. The number of amides is 1. The van der Waals surface area contributed by atoms with Gasteiger partial charge in [0.1, 0.15) is 5.75 Å². The molecule has 5 nitrogen and oxygen atoms in total. The SMILES string of the molecule is Cc1cc(N2CCN(C)CC2)ccc1NC(=O)COc1ccccc1Cc1ccccc1. The number of piperazine rings is 1. The van der Waals surface area contributed by atoms with Gasteiger partial charge in [-0.1, -0.05) is 48.5 Å². The molecule has 0 aliphatic carbocycles. The van der Waals surface area contributed by atoms with Gasteiger partial charge in [0.15, 0.2) is 6.61 Å². The van der Waals surface area contributed by atoms with Crippen LogP contribution in [-0.4, -0.2) is 50.6 Å². The summed E-state index contributed by atoms with van der Waals surface area (Å²) in [6.07, 6.45) is 0.769. The molecule has 0 atom stereocenters. The van der Waals surface area contributed by atoms with Crippen molar-refractivity contribution in [2.75, 3.05) is 50.1 Å². The third kappa shape index (κ3) is 5.68. The number of ether oxygens (including phenoxy) is 1. The van der Waals surface area contributed by atoms with E-state index in [1.165, 1.54) is 11.3 Å². The van der Waals surface area contributed by atoms with E-state index in [1.54, 1.807) is 0 Å². The van der Waals surface area contributed by atoms with E-state index >= 15 is 0 Å². The normalized spacial score (nSPS) is 14.2. The predicted molar refractivity (Wildman–Crippen MR) is 131 cm³/mol. The Bertz CT molecular complexity index is 1040. The summed E-state index contributed by atoms with van der Waals surface area (Å²) >= 11 is 0. The molecule has 166 valence electrons. The Labute approximate surface area is 190 Å². The first kappa shape index (κ1) is 21.9. The van der Waals surface area contributed by atoms with Crippen molar-refractivity contribution in [2.45, 2.75) is 13.3 Å². The number of rotatable bonds is 7. The van der Waals surface area contributed by atoms with Crippen LogP contribution in [0.4, 0.5) is 11.4 Å².